The lowest BCUT2D eigenvalue weighted by Crippen LogP contribution is -2.22. The summed E-state index contributed by atoms with van der Waals surface area (Å²) in [5, 5.41) is 11.1. The Labute approximate surface area is 153 Å². The van der Waals surface area contributed by atoms with Crippen LogP contribution in [0.1, 0.15) is 77.1 Å². The molecule has 3 rings (SSSR count). The van der Waals surface area contributed by atoms with Crippen LogP contribution in [0.2, 0.25) is 0 Å². The maximum absolute atomic E-state index is 10.5. The molecular weight excluding hydrogens is 308 g/mol. The molecule has 0 amide bonds. The summed E-state index contributed by atoms with van der Waals surface area (Å²) >= 11 is 0. The van der Waals surface area contributed by atoms with Crippen LogP contribution in [-0.2, 0) is 0 Å². The molecule has 0 aliphatic heterocycles. The number of aromatic hydroxyl groups is 1. The summed E-state index contributed by atoms with van der Waals surface area (Å²) in [7, 11) is 0. The average Bonchev–Trinajstić information content (AvgIpc) is 2.63. The normalized spacial score (nSPS) is 14.8. The van der Waals surface area contributed by atoms with Gasteiger partial charge in [0.2, 0.25) is 0 Å². The molecule has 2 nitrogen and oxygen atoms in total. The number of fused-ring (bicyclic) bond motifs is 1. The van der Waals surface area contributed by atoms with E-state index in [9.17, 15) is 9.90 Å². The van der Waals surface area contributed by atoms with Gasteiger partial charge in [-0.2, -0.15) is 0 Å². The Morgan fingerprint density at radius 2 is 1.48 bits per heavy atom. The third-order valence-electron chi connectivity index (χ3n) is 4.81. The first-order valence-electron chi connectivity index (χ1n) is 9.58. The van der Waals surface area contributed by atoms with Crippen molar-refractivity contribution in [2.75, 3.05) is 0 Å². The van der Waals surface area contributed by atoms with Crippen molar-refractivity contribution in [3.05, 3.63) is 42.0 Å². The van der Waals surface area contributed by atoms with Crippen molar-refractivity contribution in [1.82, 2.24) is 0 Å². The van der Waals surface area contributed by atoms with E-state index < -0.39 is 0 Å². The number of hydrogen-bond acceptors (Lipinski definition) is 2. The van der Waals surface area contributed by atoms with E-state index in [2.05, 4.69) is 20.8 Å². The molecule has 2 aromatic carbocycles. The average molecular weight is 343 g/mol. The van der Waals surface area contributed by atoms with E-state index in [1.165, 1.54) is 32.1 Å². The highest BCUT2D eigenvalue weighted by Gasteiger charge is 2.25. The lowest BCUT2D eigenvalue weighted by molar-refractivity contribution is 0.112. The zero-order valence-corrected chi connectivity index (χ0v) is 16.5. The molecule has 1 saturated carbocycles. The van der Waals surface area contributed by atoms with Crippen LogP contribution in [-0.4, -0.2) is 11.4 Å². The molecule has 0 radical (unpaired) electrons. The molecule has 1 N–H and O–H groups in total. The van der Waals surface area contributed by atoms with Crippen LogP contribution in [0.4, 0.5) is 0 Å². The first-order valence-corrected chi connectivity index (χ1v) is 9.58. The molecular formula is C23H34O2. The van der Waals surface area contributed by atoms with Crippen molar-refractivity contribution < 1.29 is 9.90 Å². The molecule has 0 spiro atoms. The summed E-state index contributed by atoms with van der Waals surface area (Å²) in [6.07, 6.45) is 8.19. The van der Waals surface area contributed by atoms with Gasteiger partial charge in [-0.05, 0) is 53.1 Å². The molecule has 1 aliphatic carbocycles. The Kier molecular flexibility index (Phi) is 8.68. The predicted octanol–water partition coefficient (Wildman–Crippen LogP) is 7.00. The molecule has 2 aromatic rings. The Balaban J connectivity index is 0.000000235. The minimum atomic E-state index is 0.242. The summed E-state index contributed by atoms with van der Waals surface area (Å²) < 4.78 is 0. The summed E-state index contributed by atoms with van der Waals surface area (Å²) in [4.78, 5) is 10.5. The molecule has 0 aromatic heterocycles. The number of benzene rings is 2. The summed E-state index contributed by atoms with van der Waals surface area (Å²) in [6.45, 7) is 11.1. The summed E-state index contributed by atoms with van der Waals surface area (Å²) in [6, 6.07) is 10.4. The van der Waals surface area contributed by atoms with Crippen molar-refractivity contribution in [3.63, 3.8) is 0 Å². The lowest BCUT2D eigenvalue weighted by Gasteiger charge is -2.33. The number of phenols is 1. The molecule has 2 heteroatoms. The standard InChI is InChI=1S/C11H8O2.C10H20.C2H6/c12-7-8-1-2-10-6-11(13)4-3-9(10)5-8;1-10(2,3)9-7-5-4-6-8-9;1-2/h1-7,13H;9H,4-8H2,1-3H3;1-2H3. The van der Waals surface area contributed by atoms with Crippen molar-refractivity contribution in [1.29, 1.82) is 0 Å². The molecule has 1 fully saturated rings. The largest absolute Gasteiger partial charge is 0.508 e. The van der Waals surface area contributed by atoms with Crippen molar-refractivity contribution in [3.8, 4) is 5.75 Å². The molecule has 0 saturated heterocycles. The molecule has 1 aliphatic rings. The van der Waals surface area contributed by atoms with Gasteiger partial charge >= 0.3 is 0 Å². The van der Waals surface area contributed by atoms with Gasteiger partial charge in [-0.1, -0.05) is 72.1 Å². The summed E-state index contributed by atoms with van der Waals surface area (Å²) in [5.74, 6) is 1.24. The fraction of sp³-hybridized carbons (Fsp3) is 0.522. The van der Waals surface area contributed by atoms with E-state index in [1.807, 2.05) is 19.9 Å². The minimum Gasteiger partial charge on any atom is -0.508 e. The van der Waals surface area contributed by atoms with Gasteiger partial charge in [0, 0.05) is 5.56 Å². The van der Waals surface area contributed by atoms with Crippen molar-refractivity contribution in [2.45, 2.75) is 66.7 Å². The zero-order chi connectivity index (χ0) is 18.9. The quantitative estimate of drug-likeness (QED) is 0.567. The number of phenolic OH excluding ortho intramolecular Hbond substituents is 1. The van der Waals surface area contributed by atoms with Gasteiger partial charge in [0.05, 0.1) is 0 Å². The number of hydrogen-bond donors (Lipinski definition) is 1. The van der Waals surface area contributed by atoms with E-state index in [1.54, 1.807) is 30.3 Å². The molecule has 0 unspecified atom stereocenters. The van der Waals surface area contributed by atoms with Crippen LogP contribution in [0.15, 0.2) is 36.4 Å². The highest BCUT2D eigenvalue weighted by molar-refractivity contribution is 5.89. The summed E-state index contributed by atoms with van der Waals surface area (Å²) in [5.41, 5.74) is 1.22. The fourth-order valence-electron chi connectivity index (χ4n) is 3.29. The second-order valence-electron chi connectivity index (χ2n) is 7.61. The van der Waals surface area contributed by atoms with Gasteiger partial charge in [0.15, 0.2) is 0 Å². The Bertz CT molecular complexity index is 647. The van der Waals surface area contributed by atoms with E-state index in [4.69, 9.17) is 0 Å². The van der Waals surface area contributed by atoms with E-state index >= 15 is 0 Å². The van der Waals surface area contributed by atoms with Crippen molar-refractivity contribution >= 4 is 17.1 Å². The Morgan fingerprint density at radius 3 is 2.00 bits per heavy atom. The minimum absolute atomic E-state index is 0.242. The van der Waals surface area contributed by atoms with Gasteiger partial charge in [0.25, 0.3) is 0 Å². The number of carbonyl (C=O) groups is 1. The topological polar surface area (TPSA) is 37.3 Å². The lowest BCUT2D eigenvalue weighted by atomic mass is 9.72. The first-order chi connectivity index (χ1) is 11.9. The fourth-order valence-corrected chi connectivity index (χ4v) is 3.29. The highest BCUT2D eigenvalue weighted by Crippen LogP contribution is 2.37. The highest BCUT2D eigenvalue weighted by atomic mass is 16.3. The number of aldehydes is 1. The molecule has 0 bridgehead atoms. The smallest absolute Gasteiger partial charge is 0.150 e. The third kappa shape index (κ3) is 6.89. The molecule has 0 heterocycles. The van der Waals surface area contributed by atoms with Crippen LogP contribution in [0, 0.1) is 11.3 Å². The van der Waals surface area contributed by atoms with Gasteiger partial charge in [-0.3, -0.25) is 4.79 Å². The molecule has 25 heavy (non-hydrogen) atoms. The molecule has 138 valence electrons. The Morgan fingerprint density at radius 1 is 0.920 bits per heavy atom. The van der Waals surface area contributed by atoms with Crippen LogP contribution in [0.5, 0.6) is 5.75 Å². The predicted molar refractivity (Wildman–Crippen MR) is 108 cm³/mol. The zero-order valence-electron chi connectivity index (χ0n) is 16.5. The SMILES string of the molecule is CC.CC(C)(C)C1CCCCC1.O=Cc1ccc2cc(O)ccc2c1. The van der Waals surface area contributed by atoms with Crippen molar-refractivity contribution in [2.24, 2.45) is 11.3 Å². The van der Waals surface area contributed by atoms with Crippen LogP contribution in [0.25, 0.3) is 10.8 Å². The van der Waals surface area contributed by atoms with Gasteiger partial charge in [0.1, 0.15) is 12.0 Å². The second kappa shape index (κ2) is 10.2. The van der Waals surface area contributed by atoms with Crippen LogP contribution < -0.4 is 0 Å². The van der Waals surface area contributed by atoms with E-state index in [0.29, 0.717) is 11.0 Å². The second-order valence-corrected chi connectivity index (χ2v) is 7.61. The van der Waals surface area contributed by atoms with Crippen LogP contribution in [0.3, 0.4) is 0 Å². The number of carbonyl (C=O) groups excluding carboxylic acids is 1. The van der Waals surface area contributed by atoms with Gasteiger partial charge in [-0.15, -0.1) is 0 Å². The maximum atomic E-state index is 10.5. The Hall–Kier alpha value is -1.83. The molecule has 0 atom stereocenters. The van der Waals surface area contributed by atoms with E-state index in [-0.39, 0.29) is 5.75 Å². The third-order valence-corrected chi connectivity index (χ3v) is 4.81. The van der Waals surface area contributed by atoms with Gasteiger partial charge in [-0.25, -0.2) is 0 Å². The van der Waals surface area contributed by atoms with Crippen LogP contribution >= 0.6 is 0 Å². The van der Waals surface area contributed by atoms with E-state index in [0.717, 1.165) is 23.0 Å². The number of rotatable bonds is 1. The van der Waals surface area contributed by atoms with Gasteiger partial charge < -0.3 is 5.11 Å². The maximum Gasteiger partial charge on any atom is 0.150 e. The monoisotopic (exact) mass is 342 g/mol. The first kappa shape index (κ1) is 21.2.